The number of nitrogens with one attached hydrogen (secondary N) is 2. The highest BCUT2D eigenvalue weighted by atomic mass is 19.1. The minimum Gasteiger partial charge on any atom is -0.478 e. The molecule has 2 rings (SSSR count). The van der Waals surface area contributed by atoms with Gasteiger partial charge in [0.2, 0.25) is 5.91 Å². The summed E-state index contributed by atoms with van der Waals surface area (Å²) in [6, 6.07) is 0.719. The maximum absolute atomic E-state index is 13.7. The number of benzene rings is 1. The molecule has 1 aromatic rings. The van der Waals surface area contributed by atoms with Gasteiger partial charge in [0.05, 0.1) is 5.56 Å². The Hall–Kier alpha value is -2.18. The van der Waals surface area contributed by atoms with Crippen LogP contribution in [0.25, 0.3) is 0 Å². The fourth-order valence-corrected chi connectivity index (χ4v) is 1.92. The van der Waals surface area contributed by atoms with Crippen molar-refractivity contribution in [1.82, 2.24) is 5.32 Å². The topological polar surface area (TPSA) is 78.4 Å². The molecule has 7 heteroatoms. The second-order valence-corrected chi connectivity index (χ2v) is 4.25. The summed E-state index contributed by atoms with van der Waals surface area (Å²) in [5.74, 6) is -3.81. The minimum absolute atomic E-state index is 0.327. The van der Waals surface area contributed by atoms with E-state index in [1.807, 2.05) is 0 Å². The number of carboxylic acid groups (broad SMARTS) is 1. The maximum Gasteiger partial charge on any atom is 0.335 e. The number of carbonyl (C=O) groups excluding carboxylic acids is 1. The molecule has 1 unspecified atom stereocenters. The van der Waals surface area contributed by atoms with Crippen molar-refractivity contribution in [1.29, 1.82) is 0 Å². The van der Waals surface area contributed by atoms with Crippen LogP contribution in [0.15, 0.2) is 12.1 Å². The number of hydrogen-bond donors (Lipinski definition) is 3. The largest absolute Gasteiger partial charge is 0.478 e. The Kier molecular flexibility index (Phi) is 3.64. The van der Waals surface area contributed by atoms with E-state index in [1.165, 1.54) is 0 Å². The third-order valence-electron chi connectivity index (χ3n) is 2.89. The number of carbonyl (C=O) groups is 2. The zero-order valence-corrected chi connectivity index (χ0v) is 9.87. The molecule has 5 nitrogen and oxygen atoms in total. The van der Waals surface area contributed by atoms with Crippen LogP contribution in [0.5, 0.6) is 0 Å². The molecular formula is C12H12F2N2O3. The monoisotopic (exact) mass is 270 g/mol. The lowest BCUT2D eigenvalue weighted by Crippen LogP contribution is -2.44. The first-order valence-corrected chi connectivity index (χ1v) is 5.75. The maximum atomic E-state index is 13.7. The standard InChI is InChI=1S/C12H12F2N2O3/c13-7-4-6(12(18)19)5-8(14)10(7)16-9-2-1-3-15-11(9)17/h4-5,9,16H,1-3H2,(H,15,17)(H,18,19). The van der Waals surface area contributed by atoms with Crippen LogP contribution < -0.4 is 10.6 Å². The van der Waals surface area contributed by atoms with Gasteiger partial charge < -0.3 is 15.7 Å². The van der Waals surface area contributed by atoms with E-state index < -0.39 is 34.9 Å². The second-order valence-electron chi connectivity index (χ2n) is 4.25. The first-order chi connectivity index (χ1) is 8.99. The van der Waals surface area contributed by atoms with Crippen molar-refractivity contribution < 1.29 is 23.5 Å². The van der Waals surface area contributed by atoms with Crippen LogP contribution in [-0.2, 0) is 4.79 Å². The molecule has 0 aromatic heterocycles. The molecule has 0 aliphatic carbocycles. The highest BCUT2D eigenvalue weighted by molar-refractivity contribution is 5.89. The molecule has 0 saturated carbocycles. The number of aromatic carboxylic acids is 1. The quantitative estimate of drug-likeness (QED) is 0.774. The lowest BCUT2D eigenvalue weighted by Gasteiger charge is -2.24. The van der Waals surface area contributed by atoms with E-state index in [0.29, 0.717) is 31.5 Å². The molecule has 1 amide bonds. The molecule has 1 aromatic carbocycles. The van der Waals surface area contributed by atoms with Crippen LogP contribution >= 0.6 is 0 Å². The Labute approximate surface area is 107 Å². The number of carboxylic acids is 1. The van der Waals surface area contributed by atoms with Crippen LogP contribution in [0, 0.1) is 11.6 Å². The lowest BCUT2D eigenvalue weighted by molar-refractivity contribution is -0.123. The molecule has 0 radical (unpaired) electrons. The fourth-order valence-electron chi connectivity index (χ4n) is 1.92. The van der Waals surface area contributed by atoms with Crippen LogP contribution in [0.4, 0.5) is 14.5 Å². The van der Waals surface area contributed by atoms with Gasteiger partial charge in [0.1, 0.15) is 23.4 Å². The summed E-state index contributed by atoms with van der Waals surface area (Å²) in [6.07, 6.45) is 1.17. The lowest BCUT2D eigenvalue weighted by atomic mass is 10.1. The number of halogens is 2. The van der Waals surface area contributed by atoms with Crippen molar-refractivity contribution in [3.8, 4) is 0 Å². The van der Waals surface area contributed by atoms with Crippen molar-refractivity contribution in [2.75, 3.05) is 11.9 Å². The number of hydrogen-bond acceptors (Lipinski definition) is 3. The smallest absolute Gasteiger partial charge is 0.335 e. The Morgan fingerprint density at radius 3 is 2.53 bits per heavy atom. The van der Waals surface area contributed by atoms with E-state index in [2.05, 4.69) is 10.6 Å². The van der Waals surface area contributed by atoms with E-state index in [0.717, 1.165) is 0 Å². The number of rotatable bonds is 3. The number of piperidine rings is 1. The van der Waals surface area contributed by atoms with Crippen molar-refractivity contribution in [3.05, 3.63) is 29.3 Å². The van der Waals surface area contributed by atoms with E-state index >= 15 is 0 Å². The van der Waals surface area contributed by atoms with E-state index in [9.17, 15) is 18.4 Å². The van der Waals surface area contributed by atoms with Crippen LogP contribution in [0.1, 0.15) is 23.2 Å². The number of anilines is 1. The van der Waals surface area contributed by atoms with Gasteiger partial charge >= 0.3 is 5.97 Å². The third kappa shape index (κ3) is 2.81. The summed E-state index contributed by atoms with van der Waals surface area (Å²) in [5, 5.41) is 13.7. The summed E-state index contributed by atoms with van der Waals surface area (Å²) in [6.45, 7) is 0.542. The molecule has 19 heavy (non-hydrogen) atoms. The second kappa shape index (κ2) is 5.21. The van der Waals surface area contributed by atoms with Gasteiger partial charge in [0, 0.05) is 6.54 Å². The van der Waals surface area contributed by atoms with E-state index in [4.69, 9.17) is 5.11 Å². The average molecular weight is 270 g/mol. The number of amides is 1. The molecule has 1 fully saturated rings. The summed E-state index contributed by atoms with van der Waals surface area (Å²) in [4.78, 5) is 22.1. The van der Waals surface area contributed by atoms with E-state index in [-0.39, 0.29) is 5.91 Å². The Balaban J connectivity index is 2.25. The highest BCUT2D eigenvalue weighted by Gasteiger charge is 2.24. The Morgan fingerprint density at radius 2 is 2.00 bits per heavy atom. The van der Waals surface area contributed by atoms with Gasteiger partial charge in [-0.15, -0.1) is 0 Å². The van der Waals surface area contributed by atoms with Crippen molar-refractivity contribution in [2.45, 2.75) is 18.9 Å². The average Bonchev–Trinajstić information content (AvgIpc) is 2.35. The van der Waals surface area contributed by atoms with Gasteiger partial charge in [0.25, 0.3) is 0 Å². The molecular weight excluding hydrogens is 258 g/mol. The normalized spacial score (nSPS) is 18.8. The van der Waals surface area contributed by atoms with Crippen LogP contribution in [0.3, 0.4) is 0 Å². The predicted octanol–water partition coefficient (Wildman–Crippen LogP) is 1.35. The van der Waals surface area contributed by atoms with Gasteiger partial charge in [-0.05, 0) is 25.0 Å². The predicted molar refractivity (Wildman–Crippen MR) is 63.0 cm³/mol. The summed E-state index contributed by atoms with van der Waals surface area (Å²) < 4.78 is 27.3. The third-order valence-corrected chi connectivity index (χ3v) is 2.89. The van der Waals surface area contributed by atoms with Crippen molar-refractivity contribution in [3.63, 3.8) is 0 Å². The summed E-state index contributed by atoms with van der Waals surface area (Å²) in [7, 11) is 0. The molecule has 102 valence electrons. The zero-order valence-electron chi connectivity index (χ0n) is 9.87. The fraction of sp³-hybridized carbons (Fsp3) is 0.333. The Morgan fingerprint density at radius 1 is 1.37 bits per heavy atom. The molecule has 3 N–H and O–H groups in total. The Bertz CT molecular complexity index is 511. The molecule has 0 bridgehead atoms. The van der Waals surface area contributed by atoms with Crippen LogP contribution in [0.2, 0.25) is 0 Å². The SMILES string of the molecule is O=C(O)c1cc(F)c(NC2CCCNC2=O)c(F)c1. The summed E-state index contributed by atoms with van der Waals surface area (Å²) >= 11 is 0. The van der Waals surface area contributed by atoms with Gasteiger partial charge in [-0.3, -0.25) is 4.79 Å². The zero-order chi connectivity index (χ0) is 14.0. The van der Waals surface area contributed by atoms with Crippen LogP contribution in [-0.4, -0.2) is 29.6 Å². The van der Waals surface area contributed by atoms with Gasteiger partial charge in [-0.25, -0.2) is 13.6 Å². The van der Waals surface area contributed by atoms with Gasteiger partial charge in [-0.2, -0.15) is 0 Å². The van der Waals surface area contributed by atoms with E-state index in [1.54, 1.807) is 0 Å². The molecule has 1 aliphatic heterocycles. The van der Waals surface area contributed by atoms with Gasteiger partial charge in [-0.1, -0.05) is 0 Å². The first-order valence-electron chi connectivity index (χ1n) is 5.75. The molecule has 1 heterocycles. The molecule has 1 atom stereocenters. The molecule has 0 spiro atoms. The highest BCUT2D eigenvalue weighted by Crippen LogP contribution is 2.23. The van der Waals surface area contributed by atoms with Crippen molar-refractivity contribution in [2.24, 2.45) is 0 Å². The molecule has 1 saturated heterocycles. The molecule has 1 aliphatic rings. The van der Waals surface area contributed by atoms with Crippen molar-refractivity contribution >= 4 is 17.6 Å². The van der Waals surface area contributed by atoms with Gasteiger partial charge in [0.15, 0.2) is 0 Å². The minimum atomic E-state index is -1.42. The summed E-state index contributed by atoms with van der Waals surface area (Å²) in [5.41, 5.74) is -0.958. The first kappa shape index (κ1) is 13.3.